The highest BCUT2D eigenvalue weighted by Crippen LogP contribution is 2.42. The lowest BCUT2D eigenvalue weighted by atomic mass is 9.99. The van der Waals surface area contributed by atoms with Gasteiger partial charge in [0, 0.05) is 24.1 Å². The maximum Gasteiger partial charge on any atom is 0.418 e. The number of para-hydroxylation sites is 1. The molecule has 0 spiro atoms. The average Bonchev–Trinajstić information content (AvgIpc) is 3.02. The monoisotopic (exact) mass is 561 g/mol. The number of benzene rings is 3. The van der Waals surface area contributed by atoms with Crippen molar-refractivity contribution in [2.24, 2.45) is 4.99 Å². The van der Waals surface area contributed by atoms with Crippen molar-refractivity contribution in [2.75, 3.05) is 9.80 Å². The molecule has 3 aromatic carbocycles. The zero-order valence-electron chi connectivity index (χ0n) is 21.7. The topological polar surface area (TPSA) is 53.0 Å². The number of aliphatic imine (C=N–C) groups is 1. The fraction of sp³-hybridized carbons (Fsp3) is 0.276. The molecule has 0 N–H and O–H groups in total. The van der Waals surface area contributed by atoms with Gasteiger partial charge in [0.2, 0.25) is 12.1 Å². The Morgan fingerprint density at radius 1 is 0.950 bits per heavy atom. The molecule has 2 amide bonds. The molecule has 40 heavy (non-hydrogen) atoms. The maximum absolute atomic E-state index is 14.2. The number of halogens is 6. The lowest BCUT2D eigenvalue weighted by Crippen LogP contribution is -2.52. The number of nitrogens with zero attached hydrogens (tertiary/aromatic N) is 3. The lowest BCUT2D eigenvalue weighted by Gasteiger charge is -2.35. The van der Waals surface area contributed by atoms with Crippen molar-refractivity contribution >= 4 is 28.9 Å². The van der Waals surface area contributed by atoms with Crippen LogP contribution in [-0.4, -0.2) is 29.7 Å². The van der Waals surface area contributed by atoms with E-state index in [0.717, 1.165) is 6.92 Å². The van der Waals surface area contributed by atoms with E-state index in [1.54, 1.807) is 61.5 Å². The molecule has 3 aromatic rings. The summed E-state index contributed by atoms with van der Waals surface area (Å²) < 4.78 is 82.6. The third-order valence-corrected chi connectivity index (χ3v) is 6.68. The van der Waals surface area contributed by atoms with Gasteiger partial charge in [-0.3, -0.25) is 14.5 Å². The molecular weight excluding hydrogens is 536 g/mol. The van der Waals surface area contributed by atoms with Gasteiger partial charge in [-0.15, -0.1) is 0 Å². The highest BCUT2D eigenvalue weighted by Gasteiger charge is 2.44. The predicted molar refractivity (Wildman–Crippen MR) is 139 cm³/mol. The number of benzodiazepines with no additional fused rings is 1. The highest BCUT2D eigenvalue weighted by molar-refractivity contribution is 6.21. The van der Waals surface area contributed by atoms with E-state index in [1.807, 2.05) is 6.92 Å². The SMILES string of the molecule is CC[C@H](C)N1C(=O)C(N(C(C)=O)c2ccc(C(F)(F)F)cc2C(F)(F)F)N=C(c2ccccc2)c2ccccc21. The van der Waals surface area contributed by atoms with Crippen LogP contribution in [0.2, 0.25) is 0 Å². The number of anilines is 2. The smallest absolute Gasteiger partial charge is 0.305 e. The van der Waals surface area contributed by atoms with Crippen molar-refractivity contribution in [1.29, 1.82) is 0 Å². The molecule has 1 aliphatic rings. The zero-order valence-corrected chi connectivity index (χ0v) is 21.7. The minimum atomic E-state index is -5.27. The van der Waals surface area contributed by atoms with Gasteiger partial charge < -0.3 is 4.90 Å². The average molecular weight is 562 g/mol. The van der Waals surface area contributed by atoms with E-state index in [9.17, 15) is 35.9 Å². The van der Waals surface area contributed by atoms with Gasteiger partial charge in [-0.2, -0.15) is 26.3 Å². The largest absolute Gasteiger partial charge is 0.418 e. The molecule has 11 heteroatoms. The van der Waals surface area contributed by atoms with Gasteiger partial charge in [0.15, 0.2) is 0 Å². The molecule has 1 aliphatic heterocycles. The number of fused-ring (bicyclic) bond motifs is 1. The fourth-order valence-electron chi connectivity index (χ4n) is 4.63. The summed E-state index contributed by atoms with van der Waals surface area (Å²) in [6, 6.07) is 15.9. The van der Waals surface area contributed by atoms with Crippen molar-refractivity contribution in [3.8, 4) is 0 Å². The first-order chi connectivity index (χ1) is 18.8. The molecule has 0 saturated carbocycles. The van der Waals surface area contributed by atoms with Gasteiger partial charge in [-0.05, 0) is 37.6 Å². The molecule has 0 bridgehead atoms. The van der Waals surface area contributed by atoms with Gasteiger partial charge in [-0.25, -0.2) is 4.99 Å². The minimum Gasteiger partial charge on any atom is -0.305 e. The maximum atomic E-state index is 14.2. The van der Waals surface area contributed by atoms with E-state index in [1.165, 1.54) is 4.90 Å². The van der Waals surface area contributed by atoms with Crippen LogP contribution in [0.15, 0.2) is 77.8 Å². The van der Waals surface area contributed by atoms with Gasteiger partial charge in [-0.1, -0.05) is 55.5 Å². The van der Waals surface area contributed by atoms with Gasteiger partial charge >= 0.3 is 12.4 Å². The molecule has 0 aliphatic carbocycles. The number of carbonyl (C=O) groups is 2. The Kier molecular flexibility index (Phi) is 7.78. The van der Waals surface area contributed by atoms with Crippen LogP contribution in [-0.2, 0) is 21.9 Å². The van der Waals surface area contributed by atoms with Crippen molar-refractivity contribution in [3.05, 3.63) is 95.1 Å². The van der Waals surface area contributed by atoms with E-state index in [-0.39, 0.29) is 11.8 Å². The Morgan fingerprint density at radius 3 is 2.15 bits per heavy atom. The van der Waals surface area contributed by atoms with Crippen molar-refractivity contribution in [1.82, 2.24) is 0 Å². The molecule has 0 fully saturated rings. The van der Waals surface area contributed by atoms with Crippen molar-refractivity contribution < 1.29 is 35.9 Å². The van der Waals surface area contributed by atoms with Crippen molar-refractivity contribution in [3.63, 3.8) is 0 Å². The van der Waals surface area contributed by atoms with Crippen LogP contribution in [0, 0.1) is 0 Å². The van der Waals surface area contributed by atoms with E-state index in [4.69, 9.17) is 0 Å². The quantitative estimate of drug-likeness (QED) is 0.313. The summed E-state index contributed by atoms with van der Waals surface area (Å²) >= 11 is 0. The van der Waals surface area contributed by atoms with Crippen LogP contribution in [0.3, 0.4) is 0 Å². The normalized spacial score (nSPS) is 16.6. The predicted octanol–water partition coefficient (Wildman–Crippen LogP) is 7.09. The van der Waals surface area contributed by atoms with Gasteiger partial charge in [0.05, 0.1) is 28.2 Å². The molecule has 2 atom stereocenters. The third-order valence-electron chi connectivity index (χ3n) is 6.68. The summed E-state index contributed by atoms with van der Waals surface area (Å²) in [5.41, 5.74) is -2.42. The number of hydrogen-bond donors (Lipinski definition) is 0. The number of rotatable bonds is 5. The lowest BCUT2D eigenvalue weighted by molar-refractivity contribution is -0.143. The molecule has 5 nitrogen and oxygen atoms in total. The second-order valence-electron chi connectivity index (χ2n) is 9.32. The first kappa shape index (κ1) is 28.8. The summed E-state index contributed by atoms with van der Waals surface area (Å²) in [5.74, 6) is -1.80. The van der Waals surface area contributed by atoms with Crippen LogP contribution in [0.25, 0.3) is 0 Å². The third kappa shape index (κ3) is 5.45. The Labute approximate surface area is 226 Å². The first-order valence-electron chi connectivity index (χ1n) is 12.4. The molecule has 0 radical (unpaired) electrons. The van der Waals surface area contributed by atoms with E-state index < -0.39 is 53.2 Å². The Bertz CT molecular complexity index is 1450. The molecule has 0 aromatic heterocycles. The molecule has 4 rings (SSSR count). The van der Waals surface area contributed by atoms with Crippen molar-refractivity contribution in [2.45, 2.75) is 51.8 Å². The van der Waals surface area contributed by atoms with E-state index >= 15 is 0 Å². The number of carbonyl (C=O) groups excluding carboxylic acids is 2. The summed E-state index contributed by atoms with van der Waals surface area (Å²) in [5, 5.41) is 0. The van der Waals surface area contributed by atoms with Crippen LogP contribution in [0.1, 0.15) is 49.4 Å². The minimum absolute atomic E-state index is 0.0601. The number of hydrogen-bond acceptors (Lipinski definition) is 3. The second kappa shape index (κ2) is 10.8. The van der Waals surface area contributed by atoms with Crippen LogP contribution < -0.4 is 9.80 Å². The summed E-state index contributed by atoms with van der Waals surface area (Å²) in [4.78, 5) is 33.6. The molecular formula is C29H25F6N3O2. The Morgan fingerprint density at radius 2 is 1.57 bits per heavy atom. The van der Waals surface area contributed by atoms with Crippen LogP contribution in [0.4, 0.5) is 37.7 Å². The molecule has 0 saturated heterocycles. The molecule has 210 valence electrons. The fourth-order valence-corrected chi connectivity index (χ4v) is 4.63. The summed E-state index contributed by atoms with van der Waals surface area (Å²) in [6.45, 7) is 4.50. The second-order valence-corrected chi connectivity index (χ2v) is 9.32. The van der Waals surface area contributed by atoms with Gasteiger partial charge in [0.25, 0.3) is 5.91 Å². The Balaban J connectivity index is 2.04. The molecule has 1 unspecified atom stereocenters. The summed E-state index contributed by atoms with van der Waals surface area (Å²) in [7, 11) is 0. The van der Waals surface area contributed by atoms with Crippen LogP contribution in [0.5, 0.6) is 0 Å². The van der Waals surface area contributed by atoms with E-state index in [2.05, 4.69) is 4.99 Å². The number of amides is 2. The van der Waals surface area contributed by atoms with Gasteiger partial charge in [0.1, 0.15) is 0 Å². The number of alkyl halides is 6. The molecule has 1 heterocycles. The zero-order chi connectivity index (χ0) is 29.4. The standard InChI is InChI=1S/C29H25F6N3O2/c1-4-17(2)37-23-13-9-8-12-21(23)25(19-10-6-5-7-11-19)36-26(27(37)40)38(18(3)39)24-15-14-20(28(30,31)32)16-22(24)29(33,34)35/h5-17,26H,4H2,1-3H3/t17-,26?/m0/s1. The Hall–Kier alpha value is -4.15. The highest BCUT2D eigenvalue weighted by atomic mass is 19.4. The van der Waals surface area contributed by atoms with Crippen LogP contribution >= 0.6 is 0 Å². The first-order valence-corrected chi connectivity index (χ1v) is 12.4. The summed E-state index contributed by atoms with van der Waals surface area (Å²) in [6.07, 6.45) is -11.7. The van der Waals surface area contributed by atoms with E-state index in [0.29, 0.717) is 40.3 Å².